The van der Waals surface area contributed by atoms with Gasteiger partial charge in [-0.05, 0) is 40.2 Å². The molecular weight excluding hydrogens is 358 g/mol. The molecule has 0 bridgehead atoms. The summed E-state index contributed by atoms with van der Waals surface area (Å²) >= 11 is 8.59. The van der Waals surface area contributed by atoms with E-state index in [2.05, 4.69) is 21.2 Å². The highest BCUT2D eigenvalue weighted by Crippen LogP contribution is 2.27. The van der Waals surface area contributed by atoms with Gasteiger partial charge in [-0.15, -0.1) is 0 Å². The Labute approximate surface area is 125 Å². The van der Waals surface area contributed by atoms with Crippen molar-refractivity contribution < 1.29 is 18.0 Å². The van der Waals surface area contributed by atoms with Crippen LogP contribution in [-0.2, 0) is 0 Å². The van der Waals surface area contributed by atoms with Gasteiger partial charge in [-0.2, -0.15) is 0 Å². The summed E-state index contributed by atoms with van der Waals surface area (Å²) < 4.78 is 39.9. The Bertz CT molecular complexity index is 670. The van der Waals surface area contributed by atoms with Crippen molar-refractivity contribution in [3.05, 3.63) is 62.8 Å². The average molecular weight is 365 g/mol. The van der Waals surface area contributed by atoms with Gasteiger partial charge in [0.1, 0.15) is 11.6 Å². The maximum atomic E-state index is 13.5. The summed E-state index contributed by atoms with van der Waals surface area (Å²) in [6.07, 6.45) is 0. The number of rotatable bonds is 2. The molecule has 0 aromatic heterocycles. The molecule has 0 saturated heterocycles. The largest absolute Gasteiger partial charge is 0.318 e. The summed E-state index contributed by atoms with van der Waals surface area (Å²) in [4.78, 5) is 11.9. The lowest BCUT2D eigenvalue weighted by molar-refractivity contribution is 0.102. The number of amides is 1. The molecule has 2 aromatic rings. The molecule has 0 aliphatic rings. The predicted molar refractivity (Wildman–Crippen MR) is 73.4 cm³/mol. The van der Waals surface area contributed by atoms with Crippen LogP contribution in [0.1, 0.15) is 10.4 Å². The third-order valence-electron chi connectivity index (χ3n) is 2.43. The number of nitrogens with one attached hydrogen (secondary N) is 1. The van der Waals surface area contributed by atoms with Gasteiger partial charge in [0, 0.05) is 11.6 Å². The molecule has 104 valence electrons. The van der Waals surface area contributed by atoms with E-state index in [1.54, 1.807) is 0 Å². The van der Waals surface area contributed by atoms with Crippen LogP contribution in [0.4, 0.5) is 18.9 Å². The maximum absolute atomic E-state index is 13.5. The van der Waals surface area contributed by atoms with Crippen molar-refractivity contribution in [1.29, 1.82) is 0 Å². The van der Waals surface area contributed by atoms with Crippen LogP contribution in [0, 0.1) is 17.5 Å². The zero-order chi connectivity index (χ0) is 14.9. The molecule has 0 aliphatic heterocycles. The van der Waals surface area contributed by atoms with Crippen molar-refractivity contribution in [1.82, 2.24) is 0 Å². The molecule has 2 nitrogen and oxygen atoms in total. The van der Waals surface area contributed by atoms with Crippen LogP contribution in [0.3, 0.4) is 0 Å². The molecule has 0 fully saturated rings. The first-order chi connectivity index (χ1) is 9.38. The van der Waals surface area contributed by atoms with E-state index in [1.165, 1.54) is 12.1 Å². The first kappa shape index (κ1) is 14.9. The van der Waals surface area contributed by atoms with Gasteiger partial charge in [-0.1, -0.05) is 11.6 Å². The molecule has 20 heavy (non-hydrogen) atoms. The van der Waals surface area contributed by atoms with Crippen molar-refractivity contribution in [2.45, 2.75) is 0 Å². The smallest absolute Gasteiger partial charge is 0.255 e. The summed E-state index contributed by atoms with van der Waals surface area (Å²) in [5, 5.41) is 1.89. The van der Waals surface area contributed by atoms with Crippen LogP contribution in [0.15, 0.2) is 34.8 Å². The second kappa shape index (κ2) is 5.85. The summed E-state index contributed by atoms with van der Waals surface area (Å²) in [5.74, 6) is -3.27. The minimum atomic E-state index is -1.01. The van der Waals surface area contributed by atoms with Crippen LogP contribution >= 0.6 is 27.5 Å². The molecule has 0 atom stereocenters. The number of carbonyl (C=O) groups is 1. The van der Waals surface area contributed by atoms with Crippen LogP contribution in [0.2, 0.25) is 5.02 Å². The normalized spacial score (nSPS) is 10.4. The SMILES string of the molecule is O=C(Nc1c(F)cc(F)cc1Cl)c1ccc(Br)c(F)c1. The average Bonchev–Trinajstić information content (AvgIpc) is 2.36. The first-order valence-corrected chi connectivity index (χ1v) is 6.46. The van der Waals surface area contributed by atoms with E-state index >= 15 is 0 Å². The molecule has 1 amide bonds. The molecule has 0 unspecified atom stereocenters. The number of hydrogen-bond donors (Lipinski definition) is 1. The van der Waals surface area contributed by atoms with Crippen molar-refractivity contribution >= 4 is 39.1 Å². The highest BCUT2D eigenvalue weighted by Gasteiger charge is 2.15. The molecule has 0 radical (unpaired) electrons. The Morgan fingerprint density at radius 1 is 1.10 bits per heavy atom. The van der Waals surface area contributed by atoms with Crippen LogP contribution in [0.5, 0.6) is 0 Å². The van der Waals surface area contributed by atoms with Crippen LogP contribution in [0.25, 0.3) is 0 Å². The van der Waals surface area contributed by atoms with Gasteiger partial charge in [0.05, 0.1) is 15.2 Å². The lowest BCUT2D eigenvalue weighted by atomic mass is 10.2. The zero-order valence-corrected chi connectivity index (χ0v) is 12.0. The highest BCUT2D eigenvalue weighted by atomic mass is 79.9. The quantitative estimate of drug-likeness (QED) is 0.817. The number of hydrogen-bond acceptors (Lipinski definition) is 1. The minimum Gasteiger partial charge on any atom is -0.318 e. The molecule has 0 heterocycles. The first-order valence-electron chi connectivity index (χ1n) is 5.29. The Morgan fingerprint density at radius 2 is 1.80 bits per heavy atom. The maximum Gasteiger partial charge on any atom is 0.255 e. The van der Waals surface area contributed by atoms with Crippen LogP contribution < -0.4 is 5.32 Å². The fraction of sp³-hybridized carbons (Fsp3) is 0. The van der Waals surface area contributed by atoms with E-state index in [4.69, 9.17) is 11.6 Å². The summed E-state index contributed by atoms with van der Waals surface area (Å²) in [6, 6.07) is 5.12. The fourth-order valence-corrected chi connectivity index (χ4v) is 1.97. The molecule has 7 heteroatoms. The summed E-state index contributed by atoms with van der Waals surface area (Å²) in [6.45, 7) is 0. The van der Waals surface area contributed by atoms with Gasteiger partial charge in [0.15, 0.2) is 5.82 Å². The summed E-state index contributed by atoms with van der Waals surface area (Å²) in [7, 11) is 0. The van der Waals surface area contributed by atoms with Crippen molar-refractivity contribution in [2.24, 2.45) is 0 Å². The molecule has 0 spiro atoms. The second-order valence-electron chi connectivity index (χ2n) is 3.83. The molecule has 0 aliphatic carbocycles. The standard InChI is InChI=1S/C13H6BrClF3NO/c14-8-2-1-6(3-10(8)17)13(20)19-12-9(15)4-7(16)5-11(12)18/h1-5H,(H,19,20). The third kappa shape index (κ3) is 3.13. The van der Waals surface area contributed by atoms with Crippen molar-refractivity contribution in [2.75, 3.05) is 5.32 Å². The van der Waals surface area contributed by atoms with E-state index in [0.717, 1.165) is 12.1 Å². The predicted octanol–water partition coefficient (Wildman–Crippen LogP) is 4.77. The third-order valence-corrected chi connectivity index (χ3v) is 3.37. The Hall–Kier alpha value is -1.53. The lowest BCUT2D eigenvalue weighted by Crippen LogP contribution is -2.14. The number of benzene rings is 2. The minimum absolute atomic E-state index is 0.0227. The summed E-state index contributed by atoms with van der Waals surface area (Å²) in [5.41, 5.74) is -0.383. The highest BCUT2D eigenvalue weighted by molar-refractivity contribution is 9.10. The Balaban J connectivity index is 2.30. The molecule has 2 aromatic carbocycles. The number of halogens is 5. The van der Waals surface area contributed by atoms with Crippen molar-refractivity contribution in [3.8, 4) is 0 Å². The molecule has 1 N–H and O–H groups in total. The zero-order valence-electron chi connectivity index (χ0n) is 9.68. The fourth-order valence-electron chi connectivity index (χ4n) is 1.48. The lowest BCUT2D eigenvalue weighted by Gasteiger charge is -2.09. The van der Waals surface area contributed by atoms with Gasteiger partial charge in [-0.25, -0.2) is 13.2 Å². The van der Waals surface area contributed by atoms with Gasteiger partial charge in [-0.3, -0.25) is 4.79 Å². The number of carbonyl (C=O) groups excluding carboxylic acids is 1. The van der Waals surface area contributed by atoms with Crippen molar-refractivity contribution in [3.63, 3.8) is 0 Å². The monoisotopic (exact) mass is 363 g/mol. The Kier molecular flexibility index (Phi) is 4.35. The van der Waals surface area contributed by atoms with E-state index in [1.807, 2.05) is 0 Å². The molecule has 0 saturated carbocycles. The number of anilines is 1. The van der Waals surface area contributed by atoms with Gasteiger partial charge in [0.25, 0.3) is 5.91 Å². The van der Waals surface area contributed by atoms with E-state index in [-0.39, 0.29) is 20.7 Å². The molecular formula is C13H6BrClF3NO. The molecule has 2 rings (SSSR count). The van der Waals surface area contributed by atoms with E-state index < -0.39 is 23.4 Å². The van der Waals surface area contributed by atoms with Gasteiger partial charge in [0.2, 0.25) is 0 Å². The Morgan fingerprint density at radius 3 is 2.40 bits per heavy atom. The van der Waals surface area contributed by atoms with E-state index in [9.17, 15) is 18.0 Å². The van der Waals surface area contributed by atoms with E-state index in [0.29, 0.717) is 6.07 Å². The topological polar surface area (TPSA) is 29.1 Å². The van der Waals surface area contributed by atoms with Gasteiger partial charge >= 0.3 is 0 Å². The van der Waals surface area contributed by atoms with Gasteiger partial charge < -0.3 is 5.32 Å². The van der Waals surface area contributed by atoms with Crippen LogP contribution in [-0.4, -0.2) is 5.91 Å². The second-order valence-corrected chi connectivity index (χ2v) is 5.09.